The van der Waals surface area contributed by atoms with Crippen LogP contribution in [0.5, 0.6) is 0 Å². The monoisotopic (exact) mass is 234 g/mol. The van der Waals surface area contributed by atoms with E-state index in [0.29, 0.717) is 12.8 Å². The molecular formula is C9H9F3N2O2. The molecule has 0 bridgehead atoms. The average molecular weight is 234 g/mol. The normalized spacial score (nSPS) is 17.2. The van der Waals surface area contributed by atoms with E-state index in [1.165, 1.54) is 0 Å². The number of halogens is 3. The minimum atomic E-state index is -4.58. The van der Waals surface area contributed by atoms with Gasteiger partial charge in [-0.2, -0.15) is 18.3 Å². The summed E-state index contributed by atoms with van der Waals surface area (Å²) in [4.78, 5) is 10.8. The van der Waals surface area contributed by atoms with Crippen LogP contribution >= 0.6 is 0 Å². The molecule has 0 aromatic carbocycles. The number of nitrogens with one attached hydrogen (secondary N) is 1. The first-order valence-electron chi connectivity index (χ1n) is 4.80. The lowest BCUT2D eigenvalue weighted by molar-refractivity contribution is -0.142. The summed E-state index contributed by atoms with van der Waals surface area (Å²) in [7, 11) is 0. The van der Waals surface area contributed by atoms with Crippen molar-refractivity contribution in [1.82, 2.24) is 10.2 Å². The molecule has 1 saturated carbocycles. The van der Waals surface area contributed by atoms with Crippen LogP contribution in [0.4, 0.5) is 13.2 Å². The largest absolute Gasteiger partial charge is 0.476 e. The summed E-state index contributed by atoms with van der Waals surface area (Å²) in [6.07, 6.45) is -2.58. The predicted molar refractivity (Wildman–Crippen MR) is 47.1 cm³/mol. The highest BCUT2D eigenvalue weighted by molar-refractivity contribution is 5.87. The van der Waals surface area contributed by atoms with Crippen LogP contribution in [0.1, 0.15) is 46.9 Å². The van der Waals surface area contributed by atoms with Crippen LogP contribution in [-0.4, -0.2) is 21.3 Å². The fraction of sp³-hybridized carbons (Fsp3) is 0.556. The Morgan fingerprint density at radius 1 is 1.44 bits per heavy atom. The van der Waals surface area contributed by atoms with Gasteiger partial charge in [-0.25, -0.2) is 4.79 Å². The minimum Gasteiger partial charge on any atom is -0.476 e. The molecule has 1 aromatic rings. The molecule has 16 heavy (non-hydrogen) atoms. The van der Waals surface area contributed by atoms with Crippen molar-refractivity contribution in [2.24, 2.45) is 0 Å². The first-order valence-corrected chi connectivity index (χ1v) is 4.80. The van der Waals surface area contributed by atoms with E-state index in [4.69, 9.17) is 5.11 Å². The first-order chi connectivity index (χ1) is 7.41. The fourth-order valence-corrected chi connectivity index (χ4v) is 1.82. The van der Waals surface area contributed by atoms with Crippen LogP contribution in [0.25, 0.3) is 0 Å². The van der Waals surface area contributed by atoms with E-state index in [0.717, 1.165) is 6.42 Å². The van der Waals surface area contributed by atoms with Gasteiger partial charge in [-0.3, -0.25) is 5.10 Å². The number of carboxylic acid groups (broad SMARTS) is 1. The van der Waals surface area contributed by atoms with Gasteiger partial charge in [0.1, 0.15) is 5.69 Å². The summed E-state index contributed by atoms with van der Waals surface area (Å²) in [5, 5.41) is 13.8. The molecule has 0 aliphatic heterocycles. The van der Waals surface area contributed by atoms with E-state index in [-0.39, 0.29) is 11.5 Å². The zero-order valence-corrected chi connectivity index (χ0v) is 8.14. The third kappa shape index (κ3) is 1.66. The molecule has 1 heterocycles. The minimum absolute atomic E-state index is 0.189. The highest BCUT2D eigenvalue weighted by Gasteiger charge is 2.41. The van der Waals surface area contributed by atoms with E-state index in [9.17, 15) is 18.0 Å². The van der Waals surface area contributed by atoms with E-state index in [1.807, 2.05) is 0 Å². The quantitative estimate of drug-likeness (QED) is 0.825. The summed E-state index contributed by atoms with van der Waals surface area (Å²) in [5.74, 6) is -1.75. The zero-order valence-electron chi connectivity index (χ0n) is 8.14. The van der Waals surface area contributed by atoms with Crippen molar-refractivity contribution in [3.63, 3.8) is 0 Å². The molecule has 1 fully saturated rings. The Hall–Kier alpha value is -1.53. The van der Waals surface area contributed by atoms with Crippen molar-refractivity contribution < 1.29 is 23.1 Å². The second kappa shape index (κ2) is 3.50. The Labute approximate surface area is 88.5 Å². The number of nitrogens with zero attached hydrogens (tertiary/aromatic N) is 1. The van der Waals surface area contributed by atoms with E-state index in [2.05, 4.69) is 5.10 Å². The number of aromatic amines is 1. The molecular weight excluding hydrogens is 225 g/mol. The van der Waals surface area contributed by atoms with Gasteiger partial charge in [0.05, 0.1) is 0 Å². The van der Waals surface area contributed by atoms with E-state index >= 15 is 0 Å². The molecule has 0 amide bonds. The average Bonchev–Trinajstić information content (AvgIpc) is 2.43. The summed E-state index contributed by atoms with van der Waals surface area (Å²) >= 11 is 0. The van der Waals surface area contributed by atoms with Crippen LogP contribution in [0.3, 0.4) is 0 Å². The van der Waals surface area contributed by atoms with Crippen LogP contribution in [-0.2, 0) is 6.18 Å². The van der Waals surface area contributed by atoms with E-state index in [1.54, 1.807) is 5.10 Å². The molecule has 4 nitrogen and oxygen atoms in total. The second-order valence-corrected chi connectivity index (χ2v) is 3.79. The number of hydrogen-bond donors (Lipinski definition) is 2. The molecule has 7 heteroatoms. The molecule has 0 saturated heterocycles. The Morgan fingerprint density at radius 2 is 2.06 bits per heavy atom. The highest BCUT2D eigenvalue weighted by Crippen LogP contribution is 2.43. The van der Waals surface area contributed by atoms with Gasteiger partial charge < -0.3 is 5.11 Å². The van der Waals surface area contributed by atoms with Gasteiger partial charge in [-0.15, -0.1) is 0 Å². The predicted octanol–water partition coefficient (Wildman–Crippen LogP) is 2.39. The van der Waals surface area contributed by atoms with Crippen LogP contribution in [0.2, 0.25) is 0 Å². The molecule has 1 aliphatic rings. The number of carboxylic acids is 1. The van der Waals surface area contributed by atoms with Gasteiger partial charge in [-0.1, -0.05) is 6.42 Å². The summed E-state index contributed by atoms with van der Waals surface area (Å²) in [6, 6.07) is 0. The standard InChI is InChI=1S/C9H9F3N2O2/c10-9(11,12)7-5(4-2-1-3-4)6(8(15)16)13-14-7/h4H,1-3H2,(H,13,14)(H,15,16). The lowest BCUT2D eigenvalue weighted by Crippen LogP contribution is -2.18. The van der Waals surface area contributed by atoms with Gasteiger partial charge in [-0.05, 0) is 18.8 Å². The Bertz CT molecular complexity index is 421. The smallest absolute Gasteiger partial charge is 0.433 e. The van der Waals surface area contributed by atoms with Gasteiger partial charge in [0.15, 0.2) is 5.69 Å². The highest BCUT2D eigenvalue weighted by atomic mass is 19.4. The van der Waals surface area contributed by atoms with Crippen LogP contribution in [0, 0.1) is 0 Å². The number of carbonyl (C=O) groups is 1. The van der Waals surface area contributed by atoms with Crippen molar-refractivity contribution >= 4 is 5.97 Å². The SMILES string of the molecule is O=C(O)c1n[nH]c(C(F)(F)F)c1C1CCC1. The molecule has 1 aromatic heterocycles. The first kappa shape index (κ1) is 11.0. The number of hydrogen-bond acceptors (Lipinski definition) is 2. The second-order valence-electron chi connectivity index (χ2n) is 3.79. The fourth-order valence-electron chi connectivity index (χ4n) is 1.82. The maximum atomic E-state index is 12.6. The Balaban J connectivity index is 2.49. The lowest BCUT2D eigenvalue weighted by Gasteiger charge is -2.26. The molecule has 2 N–H and O–H groups in total. The topological polar surface area (TPSA) is 66.0 Å². The number of aromatic carboxylic acids is 1. The third-order valence-corrected chi connectivity index (χ3v) is 2.80. The van der Waals surface area contributed by atoms with Gasteiger partial charge >= 0.3 is 12.1 Å². The van der Waals surface area contributed by atoms with E-state index < -0.39 is 23.5 Å². The third-order valence-electron chi connectivity index (χ3n) is 2.80. The number of alkyl halides is 3. The van der Waals surface area contributed by atoms with Crippen molar-refractivity contribution in [2.75, 3.05) is 0 Å². The van der Waals surface area contributed by atoms with Crippen LogP contribution in [0.15, 0.2) is 0 Å². The van der Waals surface area contributed by atoms with Gasteiger partial charge in [0, 0.05) is 5.56 Å². The van der Waals surface area contributed by atoms with Crippen molar-refractivity contribution in [3.05, 3.63) is 17.0 Å². The summed E-state index contributed by atoms with van der Waals surface area (Å²) in [5.41, 5.74) is -1.71. The Morgan fingerprint density at radius 3 is 2.44 bits per heavy atom. The van der Waals surface area contributed by atoms with Crippen molar-refractivity contribution in [1.29, 1.82) is 0 Å². The molecule has 1 aliphatic carbocycles. The van der Waals surface area contributed by atoms with Gasteiger partial charge in [0.2, 0.25) is 0 Å². The summed E-state index contributed by atoms with van der Waals surface area (Å²) < 4.78 is 37.7. The molecule has 0 spiro atoms. The number of aromatic nitrogens is 2. The molecule has 88 valence electrons. The van der Waals surface area contributed by atoms with Crippen molar-refractivity contribution in [3.8, 4) is 0 Å². The molecule has 0 radical (unpaired) electrons. The summed E-state index contributed by atoms with van der Waals surface area (Å²) in [6.45, 7) is 0. The molecule has 0 unspecified atom stereocenters. The molecule has 0 atom stereocenters. The van der Waals surface area contributed by atoms with Crippen LogP contribution < -0.4 is 0 Å². The maximum absolute atomic E-state index is 12.6. The van der Waals surface area contributed by atoms with Crippen molar-refractivity contribution in [2.45, 2.75) is 31.4 Å². The molecule has 2 rings (SSSR count). The Kier molecular flexibility index (Phi) is 2.40. The number of rotatable bonds is 2. The van der Waals surface area contributed by atoms with Gasteiger partial charge in [0.25, 0.3) is 0 Å². The number of H-pyrrole nitrogens is 1. The zero-order chi connectivity index (χ0) is 11.9. The maximum Gasteiger partial charge on any atom is 0.433 e. The lowest BCUT2D eigenvalue weighted by atomic mass is 9.79.